The Kier molecular flexibility index (Phi) is 5.83. The van der Waals surface area contributed by atoms with E-state index in [-0.39, 0.29) is 17.9 Å². The van der Waals surface area contributed by atoms with E-state index in [4.69, 9.17) is 9.47 Å². The first-order chi connectivity index (χ1) is 17.2. The van der Waals surface area contributed by atoms with Gasteiger partial charge in [-0.3, -0.25) is 14.4 Å². The number of fused-ring (bicyclic) bond motifs is 1. The molecule has 1 spiro atoms. The van der Waals surface area contributed by atoms with Crippen LogP contribution in [0, 0.1) is 17.5 Å². The number of nitrogens with one attached hydrogen (secondary N) is 1. The molecule has 2 bridgehead atoms. The maximum atomic E-state index is 14.1. The number of hydrogen-bond donors (Lipinski definition) is 2. The standard InChI is InChI=1S/C24H24F3N3O6/c1-35-20-16-15(22(33)28-9-12-13(26)7-11(25)8-14(12)27)18(31)19(32)17-23(34)29-6-4-3-5-24(10-29,30(16)17)21(20)36-2/h7-8,20-21,32H,3-6,9-10H2,1-2H3,(H,28,33)/t20-,21+,24-/m0/s1. The zero-order chi connectivity index (χ0) is 25.9. The van der Waals surface area contributed by atoms with Crippen LogP contribution in [0.4, 0.5) is 13.2 Å². The summed E-state index contributed by atoms with van der Waals surface area (Å²) in [6.07, 6.45) is 0.308. The van der Waals surface area contributed by atoms with Crippen LogP contribution >= 0.6 is 0 Å². The number of benzene rings is 1. The zero-order valence-electron chi connectivity index (χ0n) is 19.6. The van der Waals surface area contributed by atoms with Crippen molar-refractivity contribution < 1.29 is 37.3 Å². The van der Waals surface area contributed by atoms with Gasteiger partial charge in [-0.05, 0) is 19.3 Å². The van der Waals surface area contributed by atoms with E-state index in [1.165, 1.54) is 18.8 Å². The highest BCUT2D eigenvalue weighted by Gasteiger charge is 2.60. The van der Waals surface area contributed by atoms with Crippen molar-refractivity contribution in [2.75, 3.05) is 27.3 Å². The van der Waals surface area contributed by atoms with Crippen molar-refractivity contribution >= 4 is 11.8 Å². The number of hydrogen-bond acceptors (Lipinski definition) is 6. The van der Waals surface area contributed by atoms with Gasteiger partial charge in [0.2, 0.25) is 5.43 Å². The maximum Gasteiger partial charge on any atom is 0.274 e. The van der Waals surface area contributed by atoms with Gasteiger partial charge in [0, 0.05) is 51.6 Å². The highest BCUT2D eigenvalue weighted by Crippen LogP contribution is 2.51. The fraction of sp³-hybridized carbons (Fsp3) is 0.458. The second-order valence-corrected chi connectivity index (χ2v) is 9.25. The predicted molar refractivity (Wildman–Crippen MR) is 118 cm³/mol. The molecule has 1 aromatic heterocycles. The van der Waals surface area contributed by atoms with Gasteiger partial charge in [-0.1, -0.05) is 0 Å². The lowest BCUT2D eigenvalue weighted by molar-refractivity contribution is -0.0817. The third-order valence-corrected chi connectivity index (χ3v) is 7.42. The van der Waals surface area contributed by atoms with E-state index in [0.717, 1.165) is 6.42 Å². The molecule has 2 aromatic rings. The summed E-state index contributed by atoms with van der Waals surface area (Å²) >= 11 is 0. The number of rotatable bonds is 5. The molecule has 0 unspecified atom stereocenters. The lowest BCUT2D eigenvalue weighted by Gasteiger charge is -2.44. The second-order valence-electron chi connectivity index (χ2n) is 9.25. The Morgan fingerprint density at radius 2 is 1.86 bits per heavy atom. The van der Waals surface area contributed by atoms with Crippen LogP contribution in [-0.4, -0.2) is 59.8 Å². The van der Waals surface area contributed by atoms with Crippen molar-refractivity contribution in [2.45, 2.75) is 43.6 Å². The van der Waals surface area contributed by atoms with E-state index >= 15 is 0 Å². The van der Waals surface area contributed by atoms with Gasteiger partial charge >= 0.3 is 0 Å². The average molecular weight is 507 g/mol. The van der Waals surface area contributed by atoms with Gasteiger partial charge in [0.15, 0.2) is 11.4 Å². The molecule has 4 heterocycles. The molecule has 0 saturated carbocycles. The summed E-state index contributed by atoms with van der Waals surface area (Å²) in [5.41, 5.74) is -3.33. The Morgan fingerprint density at radius 1 is 1.17 bits per heavy atom. The highest BCUT2D eigenvalue weighted by atomic mass is 19.1. The molecule has 5 rings (SSSR count). The number of carbonyl (C=O) groups is 2. The number of pyridine rings is 1. The number of nitrogens with zero attached hydrogens (tertiary/aromatic N) is 2. The average Bonchev–Trinajstić information content (AvgIpc) is 2.95. The minimum atomic E-state index is -1.21. The van der Waals surface area contributed by atoms with Gasteiger partial charge in [-0.15, -0.1) is 0 Å². The van der Waals surface area contributed by atoms with Crippen LogP contribution in [0.15, 0.2) is 16.9 Å². The summed E-state index contributed by atoms with van der Waals surface area (Å²) in [5, 5.41) is 13.2. The lowest BCUT2D eigenvalue weighted by Crippen LogP contribution is -2.57. The topological polar surface area (TPSA) is 110 Å². The highest BCUT2D eigenvalue weighted by molar-refractivity contribution is 6.01. The minimum Gasteiger partial charge on any atom is -0.503 e. The smallest absolute Gasteiger partial charge is 0.274 e. The van der Waals surface area contributed by atoms with Crippen molar-refractivity contribution in [3.05, 3.63) is 62.3 Å². The molecule has 1 saturated heterocycles. The Bertz CT molecular complexity index is 1320. The third-order valence-electron chi connectivity index (χ3n) is 7.42. The predicted octanol–water partition coefficient (Wildman–Crippen LogP) is 1.95. The van der Waals surface area contributed by atoms with E-state index in [1.54, 1.807) is 4.90 Å². The molecular weight excluding hydrogens is 483 g/mol. The summed E-state index contributed by atoms with van der Waals surface area (Å²) in [7, 11) is 2.83. The van der Waals surface area contributed by atoms with E-state index < -0.39 is 75.9 Å². The maximum absolute atomic E-state index is 14.1. The first-order valence-corrected chi connectivity index (χ1v) is 11.4. The lowest BCUT2D eigenvalue weighted by atomic mass is 9.85. The Hall–Kier alpha value is -3.38. The number of aromatic nitrogens is 1. The van der Waals surface area contributed by atoms with Crippen LogP contribution in [0.5, 0.6) is 5.75 Å². The fourth-order valence-electron chi connectivity index (χ4n) is 5.92. The normalized spacial score (nSPS) is 24.5. The molecule has 1 fully saturated rings. The second kappa shape index (κ2) is 8.63. The Balaban J connectivity index is 1.67. The van der Waals surface area contributed by atoms with Crippen molar-refractivity contribution in [3.8, 4) is 5.75 Å². The third kappa shape index (κ3) is 3.27. The minimum absolute atomic E-state index is 0.0506. The van der Waals surface area contributed by atoms with Crippen molar-refractivity contribution in [1.82, 2.24) is 14.8 Å². The number of carbonyl (C=O) groups excluding carboxylic acids is 2. The first kappa shape index (κ1) is 24.3. The Labute approximate surface area is 203 Å². The molecule has 2 N–H and O–H groups in total. The number of amides is 2. The van der Waals surface area contributed by atoms with Crippen LogP contribution in [0.2, 0.25) is 0 Å². The number of methoxy groups -OCH3 is 2. The van der Waals surface area contributed by atoms with Crippen molar-refractivity contribution in [1.29, 1.82) is 0 Å². The molecule has 0 aliphatic carbocycles. The van der Waals surface area contributed by atoms with E-state index in [1.807, 2.05) is 0 Å². The fourth-order valence-corrected chi connectivity index (χ4v) is 5.92. The zero-order valence-corrected chi connectivity index (χ0v) is 19.6. The summed E-state index contributed by atoms with van der Waals surface area (Å²) in [5.74, 6) is -6.01. The van der Waals surface area contributed by atoms with Gasteiger partial charge in [0.1, 0.15) is 35.2 Å². The largest absolute Gasteiger partial charge is 0.503 e. The van der Waals surface area contributed by atoms with Crippen LogP contribution in [0.1, 0.15) is 57.5 Å². The molecule has 3 aliphatic heterocycles. The van der Waals surface area contributed by atoms with Gasteiger partial charge in [0.25, 0.3) is 11.8 Å². The number of aromatic hydroxyl groups is 1. The molecule has 36 heavy (non-hydrogen) atoms. The van der Waals surface area contributed by atoms with Gasteiger partial charge in [-0.2, -0.15) is 0 Å². The number of ether oxygens (including phenoxy) is 2. The number of halogens is 3. The van der Waals surface area contributed by atoms with Crippen LogP contribution in [0.25, 0.3) is 0 Å². The SMILES string of the molecule is CO[C@@H]1[C@@H](OC)c2c(C(=O)NCc3c(F)cc(F)cc3F)c(=O)c(O)c3n2[C@]12CCCCN(C2)C3=O. The molecule has 192 valence electrons. The van der Waals surface area contributed by atoms with E-state index in [2.05, 4.69) is 5.32 Å². The Morgan fingerprint density at radius 3 is 2.50 bits per heavy atom. The van der Waals surface area contributed by atoms with Gasteiger partial charge in [-0.25, -0.2) is 13.2 Å². The summed E-state index contributed by atoms with van der Waals surface area (Å²) in [4.78, 5) is 41.4. The quantitative estimate of drug-likeness (QED) is 0.641. The summed E-state index contributed by atoms with van der Waals surface area (Å²) in [6.45, 7) is -0.0182. The van der Waals surface area contributed by atoms with Crippen molar-refractivity contribution in [3.63, 3.8) is 0 Å². The van der Waals surface area contributed by atoms with Crippen LogP contribution in [-0.2, 0) is 21.6 Å². The summed E-state index contributed by atoms with van der Waals surface area (Å²) in [6, 6.07) is 0.947. The van der Waals surface area contributed by atoms with Crippen LogP contribution < -0.4 is 10.7 Å². The molecule has 0 radical (unpaired) electrons. The molecule has 3 aliphatic rings. The molecule has 12 heteroatoms. The molecular formula is C24H24F3N3O6. The first-order valence-electron chi connectivity index (χ1n) is 11.4. The summed E-state index contributed by atoms with van der Waals surface area (Å²) < 4.78 is 54.5. The van der Waals surface area contributed by atoms with Gasteiger partial charge < -0.3 is 29.4 Å². The molecule has 3 atom stereocenters. The molecule has 1 aromatic carbocycles. The van der Waals surface area contributed by atoms with Gasteiger partial charge in [0.05, 0.1) is 11.2 Å². The molecule has 9 nitrogen and oxygen atoms in total. The van der Waals surface area contributed by atoms with E-state index in [9.17, 15) is 32.7 Å². The van der Waals surface area contributed by atoms with E-state index in [0.29, 0.717) is 31.5 Å². The van der Waals surface area contributed by atoms with Crippen LogP contribution in [0.3, 0.4) is 0 Å². The van der Waals surface area contributed by atoms with Crippen molar-refractivity contribution in [2.24, 2.45) is 0 Å². The molecule has 2 amide bonds. The monoisotopic (exact) mass is 507 g/mol.